The van der Waals surface area contributed by atoms with E-state index in [-0.39, 0.29) is 35.6 Å². The third-order valence-electron chi connectivity index (χ3n) is 7.83. The van der Waals surface area contributed by atoms with Crippen LogP contribution in [0, 0.1) is 0 Å². The lowest BCUT2D eigenvalue weighted by atomic mass is 9.92. The van der Waals surface area contributed by atoms with Gasteiger partial charge in [0.25, 0.3) is 5.91 Å². The summed E-state index contributed by atoms with van der Waals surface area (Å²) in [4.78, 5) is 45.3. The zero-order valence-corrected chi connectivity index (χ0v) is 24.3. The van der Waals surface area contributed by atoms with Gasteiger partial charge in [-0.1, -0.05) is 84.1 Å². The van der Waals surface area contributed by atoms with Crippen molar-refractivity contribution in [2.24, 2.45) is 0 Å². The number of carbonyl (C=O) groups excluding carboxylic acids is 3. The normalized spacial score (nSPS) is 14.0. The summed E-state index contributed by atoms with van der Waals surface area (Å²) in [7, 11) is 0. The van der Waals surface area contributed by atoms with E-state index in [4.69, 9.17) is 4.74 Å². The van der Waals surface area contributed by atoms with Crippen molar-refractivity contribution in [1.29, 1.82) is 0 Å². The number of anilines is 1. The molecule has 44 heavy (non-hydrogen) atoms. The van der Waals surface area contributed by atoms with E-state index in [9.17, 15) is 14.4 Å². The highest BCUT2D eigenvalue weighted by molar-refractivity contribution is 6.08. The summed E-state index contributed by atoms with van der Waals surface area (Å²) in [5.41, 5.74) is 2.86. The van der Waals surface area contributed by atoms with E-state index >= 15 is 0 Å². The molecule has 1 aliphatic rings. The summed E-state index contributed by atoms with van der Waals surface area (Å²) in [5, 5.41) is 15.2. The van der Waals surface area contributed by atoms with Crippen LogP contribution in [0.4, 0.5) is 5.82 Å². The van der Waals surface area contributed by atoms with E-state index in [2.05, 4.69) is 25.9 Å². The maximum Gasteiger partial charge on any atom is 0.362 e. The summed E-state index contributed by atoms with van der Waals surface area (Å²) < 4.78 is 7.11. The summed E-state index contributed by atoms with van der Waals surface area (Å²) in [6.07, 6.45) is 0. The molecule has 0 radical (unpaired) electrons. The topological polar surface area (TPSA) is 134 Å². The first-order valence-corrected chi connectivity index (χ1v) is 14.6. The Bertz CT molecular complexity index is 1690. The minimum Gasteiger partial charge on any atom is -0.460 e. The predicted molar refractivity (Wildman–Crippen MR) is 165 cm³/mol. The van der Waals surface area contributed by atoms with Crippen LogP contribution in [0.25, 0.3) is 10.9 Å². The average molecular weight is 592 g/mol. The van der Waals surface area contributed by atoms with E-state index in [0.717, 1.165) is 22.0 Å². The third-order valence-corrected chi connectivity index (χ3v) is 7.83. The highest BCUT2D eigenvalue weighted by Gasteiger charge is 2.31. The molecule has 2 amide bonds. The molecule has 1 fully saturated rings. The Labute approximate surface area is 254 Å². The Morgan fingerprint density at radius 2 is 1.55 bits per heavy atom. The van der Waals surface area contributed by atoms with Crippen molar-refractivity contribution in [2.75, 3.05) is 38.1 Å². The highest BCUT2D eigenvalue weighted by Crippen LogP contribution is 2.27. The molecule has 3 heterocycles. The lowest BCUT2D eigenvalue weighted by Crippen LogP contribution is -2.48. The lowest BCUT2D eigenvalue weighted by Gasteiger charge is -2.30. The molecule has 1 saturated heterocycles. The maximum absolute atomic E-state index is 13.6. The van der Waals surface area contributed by atoms with E-state index in [1.807, 2.05) is 84.9 Å². The summed E-state index contributed by atoms with van der Waals surface area (Å²) >= 11 is 0. The minimum absolute atomic E-state index is 0.00869. The van der Waals surface area contributed by atoms with Crippen molar-refractivity contribution < 1.29 is 19.1 Å². The van der Waals surface area contributed by atoms with Crippen molar-refractivity contribution in [3.63, 3.8) is 0 Å². The lowest BCUT2D eigenvalue weighted by molar-refractivity contribution is -0.135. The maximum atomic E-state index is 13.6. The molecule has 1 atom stereocenters. The first-order valence-electron chi connectivity index (χ1n) is 14.6. The number of piperazine rings is 1. The number of carbonyl (C=O) groups is 3. The molecule has 2 aromatic heterocycles. The molecule has 1 aliphatic heterocycles. The number of aromatic amines is 1. The van der Waals surface area contributed by atoms with Crippen LogP contribution in [0.3, 0.4) is 0 Å². The fourth-order valence-electron chi connectivity index (χ4n) is 5.43. The second kappa shape index (κ2) is 12.9. The van der Waals surface area contributed by atoms with Gasteiger partial charge in [0.05, 0.1) is 0 Å². The highest BCUT2D eigenvalue weighted by atomic mass is 16.5. The standard InChI is InChI=1S/C33H33N7O4/c1-22(32(42)39-18-16-34-17-19-39)40-30(36-31(41)28-20-25-14-8-9-15-27(25)35-28)29(37-38-40)33(43)44-21-26(23-10-4-2-5-11-23)24-12-6-3-7-13-24/h2-15,20,22,26,34-35H,16-19,21H2,1H3,(H,36,41)/t22-/m0/s1. The summed E-state index contributed by atoms with van der Waals surface area (Å²) in [6, 6.07) is 27.9. The van der Waals surface area contributed by atoms with Crippen LogP contribution in [0.5, 0.6) is 0 Å². The SMILES string of the molecule is C[C@@H](C(=O)N1CCNCC1)n1nnc(C(=O)OCC(c2ccccc2)c2ccccc2)c1NC(=O)c1cc2ccccc2[nH]1. The van der Waals surface area contributed by atoms with Crippen LogP contribution in [-0.2, 0) is 9.53 Å². The Balaban J connectivity index is 1.29. The van der Waals surface area contributed by atoms with Crippen molar-refractivity contribution in [2.45, 2.75) is 18.9 Å². The number of para-hydroxylation sites is 1. The number of hydrogen-bond donors (Lipinski definition) is 3. The van der Waals surface area contributed by atoms with Gasteiger partial charge in [0.2, 0.25) is 11.6 Å². The molecular formula is C33H33N7O4. The van der Waals surface area contributed by atoms with Gasteiger partial charge in [0, 0.05) is 43.0 Å². The van der Waals surface area contributed by atoms with Crippen molar-refractivity contribution in [3.05, 3.63) is 114 Å². The largest absolute Gasteiger partial charge is 0.460 e. The molecular weight excluding hydrogens is 558 g/mol. The van der Waals surface area contributed by atoms with Gasteiger partial charge in [-0.15, -0.1) is 5.10 Å². The predicted octanol–water partition coefficient (Wildman–Crippen LogP) is 3.99. The number of rotatable bonds is 9. The monoisotopic (exact) mass is 591 g/mol. The number of aromatic nitrogens is 4. The van der Waals surface area contributed by atoms with Crippen LogP contribution in [0.2, 0.25) is 0 Å². The Morgan fingerprint density at radius 3 is 2.20 bits per heavy atom. The molecule has 0 saturated carbocycles. The number of esters is 1. The van der Waals surface area contributed by atoms with E-state index in [0.29, 0.717) is 26.2 Å². The number of hydrogen-bond acceptors (Lipinski definition) is 7. The zero-order valence-electron chi connectivity index (χ0n) is 24.3. The molecule has 6 rings (SSSR count). The molecule has 11 heteroatoms. The van der Waals surface area contributed by atoms with Crippen LogP contribution in [-0.4, -0.2) is 75.4 Å². The quantitative estimate of drug-likeness (QED) is 0.221. The Kier molecular flexibility index (Phi) is 8.46. The molecule has 5 aromatic rings. The molecule has 0 bridgehead atoms. The number of amides is 2. The number of H-pyrrole nitrogens is 1. The van der Waals surface area contributed by atoms with Gasteiger partial charge in [-0.25, -0.2) is 9.48 Å². The van der Waals surface area contributed by atoms with Crippen LogP contribution in [0.15, 0.2) is 91.0 Å². The summed E-state index contributed by atoms with van der Waals surface area (Å²) in [6.45, 7) is 4.16. The Hall–Kier alpha value is -5.29. The average Bonchev–Trinajstić information content (AvgIpc) is 3.70. The van der Waals surface area contributed by atoms with E-state index in [1.165, 1.54) is 4.68 Å². The number of nitrogens with one attached hydrogen (secondary N) is 3. The first kappa shape index (κ1) is 28.8. The molecule has 0 unspecified atom stereocenters. The molecule has 0 spiro atoms. The number of fused-ring (bicyclic) bond motifs is 1. The number of benzene rings is 3. The van der Waals surface area contributed by atoms with Crippen molar-refractivity contribution >= 4 is 34.5 Å². The van der Waals surface area contributed by atoms with E-state index in [1.54, 1.807) is 17.9 Å². The van der Waals surface area contributed by atoms with Crippen LogP contribution < -0.4 is 10.6 Å². The molecule has 224 valence electrons. The van der Waals surface area contributed by atoms with Crippen molar-refractivity contribution in [1.82, 2.24) is 30.2 Å². The first-order chi connectivity index (χ1) is 21.5. The molecule has 0 aliphatic carbocycles. The second-order valence-electron chi connectivity index (χ2n) is 10.7. The number of nitrogens with zero attached hydrogens (tertiary/aromatic N) is 4. The second-order valence-corrected chi connectivity index (χ2v) is 10.7. The van der Waals surface area contributed by atoms with Gasteiger partial charge in [-0.3, -0.25) is 9.59 Å². The van der Waals surface area contributed by atoms with Gasteiger partial charge < -0.3 is 25.3 Å². The third kappa shape index (κ3) is 6.09. The van der Waals surface area contributed by atoms with Crippen LogP contribution >= 0.6 is 0 Å². The van der Waals surface area contributed by atoms with Crippen LogP contribution in [0.1, 0.15) is 51.0 Å². The minimum atomic E-state index is -0.832. The molecule has 3 aromatic carbocycles. The van der Waals surface area contributed by atoms with E-state index < -0.39 is 17.9 Å². The number of ether oxygens (including phenoxy) is 1. The van der Waals surface area contributed by atoms with Gasteiger partial charge in [-0.05, 0) is 30.2 Å². The van der Waals surface area contributed by atoms with Gasteiger partial charge in [0.1, 0.15) is 18.3 Å². The summed E-state index contributed by atoms with van der Waals surface area (Å²) in [5.74, 6) is -1.70. The van der Waals surface area contributed by atoms with Crippen molar-refractivity contribution in [3.8, 4) is 0 Å². The molecule has 3 N–H and O–H groups in total. The van der Waals surface area contributed by atoms with Gasteiger partial charge in [0.15, 0.2) is 5.82 Å². The fraction of sp³-hybridized carbons (Fsp3) is 0.242. The Morgan fingerprint density at radius 1 is 0.909 bits per heavy atom. The zero-order chi connectivity index (χ0) is 30.5. The smallest absolute Gasteiger partial charge is 0.362 e. The fourth-order valence-corrected chi connectivity index (χ4v) is 5.43. The van der Waals surface area contributed by atoms with Gasteiger partial charge in [-0.2, -0.15) is 0 Å². The van der Waals surface area contributed by atoms with Gasteiger partial charge >= 0.3 is 5.97 Å². The molecule has 11 nitrogen and oxygen atoms in total.